The minimum atomic E-state index is -0.498. The van der Waals surface area contributed by atoms with E-state index in [-0.39, 0.29) is 23.9 Å². The molecule has 1 saturated heterocycles. The number of halogens is 2. The van der Waals surface area contributed by atoms with Crippen molar-refractivity contribution in [3.63, 3.8) is 0 Å². The van der Waals surface area contributed by atoms with Crippen LogP contribution in [-0.4, -0.2) is 33.7 Å². The summed E-state index contributed by atoms with van der Waals surface area (Å²) in [6.45, 7) is 1.29. The highest BCUT2D eigenvalue weighted by atomic mass is 19.1. The summed E-state index contributed by atoms with van der Waals surface area (Å²) >= 11 is 0. The SMILES string of the molecule is O=C(Nc1cccc(-c2cnc3ccc(NCc4cc(F)ccc4F)nn23)c1)C1CCOCC1. The molecule has 4 aromatic rings. The van der Waals surface area contributed by atoms with Crippen LogP contribution in [-0.2, 0) is 16.1 Å². The fourth-order valence-corrected chi connectivity index (χ4v) is 3.99. The van der Waals surface area contributed by atoms with Gasteiger partial charge in [-0.05, 0) is 55.3 Å². The van der Waals surface area contributed by atoms with E-state index in [4.69, 9.17) is 4.74 Å². The van der Waals surface area contributed by atoms with E-state index in [0.717, 1.165) is 42.3 Å². The number of aromatic nitrogens is 3. The highest BCUT2D eigenvalue weighted by Crippen LogP contribution is 2.25. The molecule has 2 aromatic carbocycles. The molecule has 1 fully saturated rings. The van der Waals surface area contributed by atoms with Gasteiger partial charge in [-0.1, -0.05) is 12.1 Å². The predicted molar refractivity (Wildman–Crippen MR) is 124 cm³/mol. The van der Waals surface area contributed by atoms with Crippen molar-refractivity contribution in [3.8, 4) is 11.3 Å². The second-order valence-corrected chi connectivity index (χ2v) is 8.18. The van der Waals surface area contributed by atoms with Crippen molar-refractivity contribution in [3.05, 3.63) is 78.0 Å². The van der Waals surface area contributed by atoms with Gasteiger partial charge in [-0.15, -0.1) is 5.10 Å². The number of ether oxygens (including phenoxy) is 1. The minimum absolute atomic E-state index is 0.00668. The second-order valence-electron chi connectivity index (χ2n) is 8.18. The number of carbonyl (C=O) groups is 1. The summed E-state index contributed by atoms with van der Waals surface area (Å²) in [6, 6.07) is 14.4. The van der Waals surface area contributed by atoms with Crippen molar-refractivity contribution < 1.29 is 18.3 Å². The van der Waals surface area contributed by atoms with Crippen LogP contribution in [0.5, 0.6) is 0 Å². The highest BCUT2D eigenvalue weighted by molar-refractivity contribution is 5.93. The number of fused-ring (bicyclic) bond motifs is 1. The zero-order valence-corrected chi connectivity index (χ0v) is 18.3. The van der Waals surface area contributed by atoms with Crippen LogP contribution in [0.15, 0.2) is 60.8 Å². The lowest BCUT2D eigenvalue weighted by Crippen LogP contribution is -2.28. The number of carbonyl (C=O) groups excluding carboxylic acids is 1. The molecule has 0 aliphatic carbocycles. The van der Waals surface area contributed by atoms with Gasteiger partial charge in [0.2, 0.25) is 5.91 Å². The summed E-state index contributed by atoms with van der Waals surface area (Å²) in [5, 5.41) is 10.6. The van der Waals surface area contributed by atoms with Crippen LogP contribution >= 0.6 is 0 Å². The first-order valence-corrected chi connectivity index (χ1v) is 11.1. The van der Waals surface area contributed by atoms with Crippen molar-refractivity contribution in [2.45, 2.75) is 19.4 Å². The number of amides is 1. The van der Waals surface area contributed by atoms with Crippen molar-refractivity contribution in [2.75, 3.05) is 23.8 Å². The Morgan fingerprint density at radius 2 is 1.94 bits per heavy atom. The zero-order chi connectivity index (χ0) is 23.5. The molecule has 174 valence electrons. The number of imidazole rings is 1. The number of nitrogens with zero attached hydrogens (tertiary/aromatic N) is 3. The van der Waals surface area contributed by atoms with Crippen LogP contribution in [0.2, 0.25) is 0 Å². The van der Waals surface area contributed by atoms with Gasteiger partial charge in [-0.25, -0.2) is 18.3 Å². The first-order valence-electron chi connectivity index (χ1n) is 11.1. The molecule has 1 aliphatic heterocycles. The van der Waals surface area contributed by atoms with Gasteiger partial charge in [0.25, 0.3) is 0 Å². The average Bonchev–Trinajstić information content (AvgIpc) is 3.28. The van der Waals surface area contributed by atoms with Gasteiger partial charge in [0.05, 0.1) is 11.9 Å². The molecule has 0 saturated carbocycles. The maximum atomic E-state index is 13.9. The smallest absolute Gasteiger partial charge is 0.227 e. The summed E-state index contributed by atoms with van der Waals surface area (Å²) in [6.07, 6.45) is 3.15. The van der Waals surface area contributed by atoms with E-state index in [2.05, 4.69) is 20.7 Å². The molecule has 1 aliphatic rings. The molecular weight excluding hydrogens is 440 g/mol. The van der Waals surface area contributed by atoms with E-state index in [0.29, 0.717) is 30.4 Å². The Bertz CT molecular complexity index is 1330. The van der Waals surface area contributed by atoms with E-state index in [1.54, 1.807) is 22.8 Å². The first kappa shape index (κ1) is 22.0. The number of hydrogen-bond donors (Lipinski definition) is 2. The lowest BCUT2D eigenvalue weighted by atomic mass is 9.99. The largest absolute Gasteiger partial charge is 0.381 e. The lowest BCUT2D eigenvalue weighted by Gasteiger charge is -2.21. The van der Waals surface area contributed by atoms with Gasteiger partial charge in [-0.3, -0.25) is 4.79 Å². The van der Waals surface area contributed by atoms with E-state index >= 15 is 0 Å². The third-order valence-corrected chi connectivity index (χ3v) is 5.85. The summed E-state index contributed by atoms with van der Waals surface area (Å²) in [7, 11) is 0. The molecule has 0 radical (unpaired) electrons. The Morgan fingerprint density at radius 1 is 1.09 bits per heavy atom. The quantitative estimate of drug-likeness (QED) is 0.435. The van der Waals surface area contributed by atoms with Crippen molar-refractivity contribution >= 4 is 23.1 Å². The van der Waals surface area contributed by atoms with E-state index in [1.165, 1.54) is 0 Å². The molecule has 7 nitrogen and oxygen atoms in total. The van der Waals surface area contributed by atoms with Crippen molar-refractivity contribution in [2.24, 2.45) is 5.92 Å². The predicted octanol–water partition coefficient (Wildman–Crippen LogP) is 4.65. The number of anilines is 2. The van der Waals surface area contributed by atoms with Crippen LogP contribution < -0.4 is 10.6 Å². The van der Waals surface area contributed by atoms with Gasteiger partial charge in [-0.2, -0.15) is 0 Å². The van der Waals surface area contributed by atoms with Crippen LogP contribution in [0.3, 0.4) is 0 Å². The zero-order valence-electron chi connectivity index (χ0n) is 18.3. The summed E-state index contributed by atoms with van der Waals surface area (Å²) < 4.78 is 34.4. The molecule has 2 aromatic heterocycles. The normalized spacial score (nSPS) is 14.3. The monoisotopic (exact) mass is 463 g/mol. The van der Waals surface area contributed by atoms with Gasteiger partial charge >= 0.3 is 0 Å². The highest BCUT2D eigenvalue weighted by Gasteiger charge is 2.21. The Balaban J connectivity index is 1.36. The molecule has 0 bridgehead atoms. The van der Waals surface area contributed by atoms with E-state index < -0.39 is 11.6 Å². The Hall–Kier alpha value is -3.85. The average molecular weight is 463 g/mol. The number of nitrogens with one attached hydrogen (secondary N) is 2. The standard InChI is InChI=1S/C25H23F2N5O2/c26-19-4-5-21(27)18(12-19)14-28-23-6-7-24-29-15-22(32(24)31-23)17-2-1-3-20(13-17)30-25(33)16-8-10-34-11-9-16/h1-7,12-13,15-16H,8-11,14H2,(H,28,31)(H,30,33). The number of benzene rings is 2. The van der Waals surface area contributed by atoms with Crippen LogP contribution in [0, 0.1) is 17.6 Å². The Kier molecular flexibility index (Phi) is 6.18. The lowest BCUT2D eigenvalue weighted by molar-refractivity contribution is -0.122. The maximum absolute atomic E-state index is 13.9. The van der Waals surface area contributed by atoms with Crippen LogP contribution in [0.1, 0.15) is 18.4 Å². The van der Waals surface area contributed by atoms with Crippen LogP contribution in [0.4, 0.5) is 20.3 Å². The fourth-order valence-electron chi connectivity index (χ4n) is 3.99. The van der Waals surface area contributed by atoms with Gasteiger partial charge in [0.1, 0.15) is 17.5 Å². The number of hydrogen-bond acceptors (Lipinski definition) is 5. The fraction of sp³-hybridized carbons (Fsp3) is 0.240. The molecule has 5 rings (SSSR count). The molecule has 0 spiro atoms. The molecule has 9 heteroatoms. The van der Waals surface area contributed by atoms with Gasteiger partial charge in [0, 0.05) is 42.5 Å². The van der Waals surface area contributed by atoms with E-state index in [1.807, 2.05) is 24.3 Å². The molecule has 0 unspecified atom stereocenters. The van der Waals surface area contributed by atoms with Gasteiger partial charge in [0.15, 0.2) is 5.65 Å². The third kappa shape index (κ3) is 4.74. The molecule has 3 heterocycles. The minimum Gasteiger partial charge on any atom is -0.381 e. The molecule has 34 heavy (non-hydrogen) atoms. The molecule has 0 atom stereocenters. The van der Waals surface area contributed by atoms with Crippen LogP contribution in [0.25, 0.3) is 16.9 Å². The Labute approximate surface area is 194 Å². The Morgan fingerprint density at radius 3 is 2.79 bits per heavy atom. The summed E-state index contributed by atoms with van der Waals surface area (Å²) in [4.78, 5) is 17.0. The first-order chi connectivity index (χ1) is 16.6. The number of rotatable bonds is 6. The third-order valence-electron chi connectivity index (χ3n) is 5.85. The molecule has 2 N–H and O–H groups in total. The maximum Gasteiger partial charge on any atom is 0.227 e. The summed E-state index contributed by atoms with van der Waals surface area (Å²) in [5.74, 6) is -0.557. The topological polar surface area (TPSA) is 80.5 Å². The van der Waals surface area contributed by atoms with Crippen molar-refractivity contribution in [1.82, 2.24) is 14.6 Å². The van der Waals surface area contributed by atoms with Gasteiger partial charge < -0.3 is 15.4 Å². The van der Waals surface area contributed by atoms with E-state index in [9.17, 15) is 13.6 Å². The van der Waals surface area contributed by atoms with Crippen molar-refractivity contribution in [1.29, 1.82) is 0 Å². The second kappa shape index (κ2) is 9.56. The molecule has 1 amide bonds. The molecular formula is C25H23F2N5O2. The summed E-state index contributed by atoms with van der Waals surface area (Å²) in [5.41, 5.74) is 3.10.